The first kappa shape index (κ1) is 12.2. The number of ketones is 1. The molecule has 2 nitrogen and oxygen atoms in total. The van der Waals surface area contributed by atoms with Gasteiger partial charge in [0.1, 0.15) is 0 Å². The molecule has 0 amide bonds. The molecule has 0 saturated heterocycles. The van der Waals surface area contributed by atoms with Crippen LogP contribution in [0.3, 0.4) is 0 Å². The molecule has 0 bridgehead atoms. The Bertz CT molecular complexity index is 278. The maximum atomic E-state index is 11.1. The molecule has 0 atom stereocenters. The predicted molar refractivity (Wildman–Crippen MR) is 42.7 cm³/mol. The number of Topliss-reactive ketones (excluding diaryl/α,β-unsaturated/α-hetero) is 1. The Morgan fingerprint density at radius 1 is 1.75 bits per heavy atom. The average Bonchev–Trinajstić information content (AvgIpc) is 2.04. The van der Waals surface area contributed by atoms with Crippen LogP contribution in [0.2, 0.25) is 5.15 Å². The number of aromatic nitrogens is 1. The van der Waals surface area contributed by atoms with Crippen LogP contribution in [0.15, 0.2) is 12.3 Å². The van der Waals surface area contributed by atoms with Crippen LogP contribution in [0.5, 0.6) is 0 Å². The molecule has 12 heavy (non-hydrogen) atoms. The molecule has 0 aromatic carbocycles. The molecule has 4 heteroatoms. The first-order valence-corrected chi connectivity index (χ1v) is 3.68. The summed E-state index contributed by atoms with van der Waals surface area (Å²) in [6, 6.07) is 4.26. The third-order valence-corrected chi connectivity index (χ3v) is 1.63. The Morgan fingerprint density at radius 2 is 2.42 bits per heavy atom. The largest absolute Gasteiger partial charge is 0.315 e. The molecule has 1 radical (unpaired) electrons. The summed E-state index contributed by atoms with van der Waals surface area (Å²) in [5.41, 5.74) is 0.455. The van der Waals surface area contributed by atoms with E-state index >= 15 is 0 Å². The minimum Gasteiger partial charge on any atom is -0.315 e. The van der Waals surface area contributed by atoms with E-state index < -0.39 is 0 Å². The van der Waals surface area contributed by atoms with Gasteiger partial charge in [0.25, 0.3) is 0 Å². The third kappa shape index (κ3) is 2.93. The average molecular weight is 258 g/mol. The van der Waals surface area contributed by atoms with Crippen molar-refractivity contribution < 1.29 is 37.5 Å². The van der Waals surface area contributed by atoms with Gasteiger partial charge in [-0.1, -0.05) is 30.3 Å². The summed E-state index contributed by atoms with van der Waals surface area (Å²) in [7, 11) is 0. The molecule has 0 saturated carbocycles. The van der Waals surface area contributed by atoms with Gasteiger partial charge in [-0.15, -0.1) is 0 Å². The first-order chi connectivity index (χ1) is 5.25. The van der Waals surface area contributed by atoms with E-state index in [4.69, 9.17) is 11.6 Å². The van der Waals surface area contributed by atoms with Crippen molar-refractivity contribution in [1.82, 2.24) is 4.98 Å². The molecular formula is C8H7ClNOY-. The zero-order chi connectivity index (χ0) is 8.27. The number of carbonyl (C=O) groups is 1. The van der Waals surface area contributed by atoms with Crippen molar-refractivity contribution in [3.63, 3.8) is 0 Å². The fourth-order valence-corrected chi connectivity index (χ4v) is 0.938. The number of pyridine rings is 1. The van der Waals surface area contributed by atoms with Crippen LogP contribution in [-0.4, -0.2) is 10.8 Å². The van der Waals surface area contributed by atoms with Crippen molar-refractivity contribution in [1.29, 1.82) is 0 Å². The van der Waals surface area contributed by atoms with Gasteiger partial charge in [-0.05, 0) is 6.42 Å². The summed E-state index contributed by atoms with van der Waals surface area (Å²) >= 11 is 5.65. The summed E-state index contributed by atoms with van der Waals surface area (Å²) in [5, 5.41) is 0.260. The molecule has 1 aromatic heterocycles. The van der Waals surface area contributed by atoms with Crippen molar-refractivity contribution in [2.24, 2.45) is 0 Å². The molecule has 61 valence electrons. The van der Waals surface area contributed by atoms with Crippen molar-refractivity contribution in [3.05, 3.63) is 29.0 Å². The van der Waals surface area contributed by atoms with Gasteiger partial charge in [0.05, 0.1) is 10.9 Å². The second-order valence-corrected chi connectivity index (χ2v) is 2.41. The fraction of sp³-hybridized carbons (Fsp3) is 0.250. The van der Waals surface area contributed by atoms with Crippen LogP contribution >= 0.6 is 11.6 Å². The van der Waals surface area contributed by atoms with Crippen molar-refractivity contribution >= 4 is 17.4 Å². The molecule has 1 rings (SSSR count). The number of nitrogens with zero attached hydrogens (tertiary/aromatic N) is 1. The smallest absolute Gasteiger partial charge is 0.0856 e. The Labute approximate surface area is 102 Å². The zero-order valence-corrected chi connectivity index (χ0v) is 10.3. The van der Waals surface area contributed by atoms with Gasteiger partial charge in [-0.3, -0.25) is 4.98 Å². The van der Waals surface area contributed by atoms with Crippen LogP contribution in [0.1, 0.15) is 23.7 Å². The maximum Gasteiger partial charge on any atom is 0.0856 e. The van der Waals surface area contributed by atoms with Crippen LogP contribution in [-0.2, 0) is 32.7 Å². The molecule has 0 unspecified atom stereocenters. The molecule has 1 heterocycles. The zero-order valence-electron chi connectivity index (χ0n) is 6.67. The molecule has 1 aromatic rings. The number of halogens is 1. The third-order valence-electron chi connectivity index (χ3n) is 1.32. The quantitative estimate of drug-likeness (QED) is 0.461. The standard InChI is InChI=1S/C8H7ClNO.Y/c1-2-7(11)6-4-3-5-10-8(6)9;/h4-5H,2H2,1H3;/q-1;. The molecule has 0 aliphatic rings. The summed E-state index contributed by atoms with van der Waals surface area (Å²) in [6.45, 7) is 1.78. The normalized spacial score (nSPS) is 8.83. The summed E-state index contributed by atoms with van der Waals surface area (Å²) in [6.07, 6.45) is 1.88. The molecule has 0 spiro atoms. The number of hydrogen-bond acceptors (Lipinski definition) is 2. The Morgan fingerprint density at radius 3 is 2.92 bits per heavy atom. The van der Waals surface area contributed by atoms with E-state index in [2.05, 4.69) is 11.1 Å². The number of carbonyl (C=O) groups excluding carboxylic acids is 1. The Hall–Kier alpha value is 0.214. The molecule has 0 aliphatic carbocycles. The van der Waals surface area contributed by atoms with Gasteiger partial charge in [0.2, 0.25) is 0 Å². The van der Waals surface area contributed by atoms with Crippen molar-refractivity contribution in [2.75, 3.05) is 0 Å². The number of hydrogen-bond donors (Lipinski definition) is 0. The molecule has 0 fully saturated rings. The van der Waals surface area contributed by atoms with Crippen LogP contribution in [0, 0.1) is 6.07 Å². The van der Waals surface area contributed by atoms with Crippen LogP contribution < -0.4 is 0 Å². The van der Waals surface area contributed by atoms with Crippen LogP contribution in [0.4, 0.5) is 0 Å². The van der Waals surface area contributed by atoms with E-state index in [0.29, 0.717) is 12.0 Å². The fourth-order valence-electron chi connectivity index (χ4n) is 0.730. The van der Waals surface area contributed by atoms with Crippen LogP contribution in [0.25, 0.3) is 0 Å². The van der Waals surface area contributed by atoms with E-state index in [-0.39, 0.29) is 43.6 Å². The van der Waals surface area contributed by atoms with Crippen molar-refractivity contribution in [3.8, 4) is 0 Å². The minimum absolute atomic E-state index is 0. The van der Waals surface area contributed by atoms with E-state index in [1.165, 1.54) is 6.20 Å². The van der Waals surface area contributed by atoms with Gasteiger partial charge in [0.15, 0.2) is 0 Å². The SMILES string of the molecule is CCC(=O)c1c[c-]cnc1Cl.[Y]. The Balaban J connectivity index is 0.00000121. The van der Waals surface area contributed by atoms with E-state index in [1.807, 2.05) is 0 Å². The predicted octanol–water partition coefficient (Wildman–Crippen LogP) is 2.13. The summed E-state index contributed by atoms with van der Waals surface area (Å²) in [5.74, 6) is -0.000602. The van der Waals surface area contributed by atoms with E-state index in [0.717, 1.165) is 0 Å². The summed E-state index contributed by atoms with van der Waals surface area (Å²) in [4.78, 5) is 14.8. The minimum atomic E-state index is -0.000602. The monoisotopic (exact) mass is 257 g/mol. The van der Waals surface area contributed by atoms with Gasteiger partial charge >= 0.3 is 0 Å². The van der Waals surface area contributed by atoms with Gasteiger partial charge in [-0.25, -0.2) is 12.1 Å². The molecule has 0 aliphatic heterocycles. The van der Waals surface area contributed by atoms with E-state index in [9.17, 15) is 4.79 Å². The molecular weight excluding hydrogens is 250 g/mol. The topological polar surface area (TPSA) is 30.0 Å². The van der Waals surface area contributed by atoms with Gasteiger partial charge < -0.3 is 4.79 Å². The second kappa shape index (κ2) is 5.79. The van der Waals surface area contributed by atoms with Gasteiger partial charge in [0, 0.05) is 32.7 Å². The number of rotatable bonds is 2. The second-order valence-electron chi connectivity index (χ2n) is 2.05. The maximum absolute atomic E-state index is 11.1. The summed E-state index contributed by atoms with van der Waals surface area (Å²) < 4.78 is 0. The Kier molecular flexibility index (Phi) is 5.89. The van der Waals surface area contributed by atoms with Gasteiger partial charge in [-0.2, -0.15) is 0 Å². The van der Waals surface area contributed by atoms with Crippen molar-refractivity contribution in [2.45, 2.75) is 13.3 Å². The molecule has 0 N–H and O–H groups in total. The first-order valence-electron chi connectivity index (χ1n) is 3.30. The van der Waals surface area contributed by atoms with E-state index in [1.54, 1.807) is 13.0 Å².